The van der Waals surface area contributed by atoms with Crippen LogP contribution < -0.4 is 0 Å². The molecule has 1 atom stereocenters. The molecule has 0 aliphatic carbocycles. The zero-order valence-electron chi connectivity index (χ0n) is 7.19. The summed E-state index contributed by atoms with van der Waals surface area (Å²) >= 11 is 0. The van der Waals surface area contributed by atoms with E-state index in [1.54, 1.807) is 12.3 Å². The van der Waals surface area contributed by atoms with E-state index in [1.165, 1.54) is 0 Å². The maximum absolute atomic E-state index is 11.2. The van der Waals surface area contributed by atoms with E-state index in [0.717, 1.165) is 6.42 Å². The van der Waals surface area contributed by atoms with Crippen LogP contribution in [0.15, 0.2) is 17.1 Å². The van der Waals surface area contributed by atoms with Gasteiger partial charge in [-0.05, 0) is 12.5 Å². The van der Waals surface area contributed by atoms with Crippen LogP contribution in [-0.4, -0.2) is 25.3 Å². The molecule has 0 aromatic rings. The van der Waals surface area contributed by atoms with E-state index < -0.39 is 0 Å². The first kappa shape index (κ1) is 8.97. The second kappa shape index (κ2) is 4.70. The fourth-order valence-corrected chi connectivity index (χ4v) is 0.943. The number of allylic oxidation sites excluding steroid dienone is 1. The van der Waals surface area contributed by atoms with Crippen molar-refractivity contribution in [1.29, 1.82) is 0 Å². The van der Waals surface area contributed by atoms with Gasteiger partial charge in [-0.3, -0.25) is 9.79 Å². The lowest BCUT2D eigenvalue weighted by Gasteiger charge is -2.10. The molecule has 3 nitrogen and oxygen atoms in total. The molecule has 3 heteroatoms. The van der Waals surface area contributed by atoms with Crippen molar-refractivity contribution in [1.82, 2.24) is 0 Å². The molecule has 66 valence electrons. The fraction of sp³-hybridized carbons (Fsp3) is 0.556. The van der Waals surface area contributed by atoms with Crippen LogP contribution in [0.5, 0.6) is 0 Å². The highest BCUT2D eigenvalue weighted by Crippen LogP contribution is 2.06. The van der Waals surface area contributed by atoms with E-state index in [9.17, 15) is 4.79 Å². The lowest BCUT2D eigenvalue weighted by molar-refractivity contribution is -0.146. The third-order valence-electron chi connectivity index (χ3n) is 1.59. The SMILES string of the molecule is CCCOC(=O)C1C=CC=NC1. The summed E-state index contributed by atoms with van der Waals surface area (Å²) in [6, 6.07) is 0. The van der Waals surface area contributed by atoms with E-state index in [-0.39, 0.29) is 11.9 Å². The van der Waals surface area contributed by atoms with E-state index >= 15 is 0 Å². The minimum absolute atomic E-state index is 0.162. The van der Waals surface area contributed by atoms with Gasteiger partial charge in [-0.15, -0.1) is 0 Å². The Morgan fingerprint density at radius 3 is 3.17 bits per heavy atom. The van der Waals surface area contributed by atoms with Gasteiger partial charge in [-0.2, -0.15) is 0 Å². The average Bonchev–Trinajstić information content (AvgIpc) is 2.15. The number of esters is 1. The Bertz CT molecular complexity index is 209. The number of aliphatic imine (C=N–C) groups is 1. The number of hydrogen-bond acceptors (Lipinski definition) is 3. The van der Waals surface area contributed by atoms with Gasteiger partial charge in [-0.1, -0.05) is 13.0 Å². The van der Waals surface area contributed by atoms with Crippen LogP contribution >= 0.6 is 0 Å². The molecule has 0 N–H and O–H groups in total. The van der Waals surface area contributed by atoms with Gasteiger partial charge in [0.05, 0.1) is 19.1 Å². The van der Waals surface area contributed by atoms with Crippen LogP contribution in [0.3, 0.4) is 0 Å². The summed E-state index contributed by atoms with van der Waals surface area (Å²) < 4.78 is 4.97. The molecule has 0 aromatic heterocycles. The van der Waals surface area contributed by atoms with Crippen molar-refractivity contribution in [3.8, 4) is 0 Å². The van der Waals surface area contributed by atoms with Crippen molar-refractivity contribution < 1.29 is 9.53 Å². The predicted molar refractivity (Wildman–Crippen MR) is 47.2 cm³/mol. The van der Waals surface area contributed by atoms with Gasteiger partial charge >= 0.3 is 5.97 Å². The number of ether oxygens (including phenoxy) is 1. The van der Waals surface area contributed by atoms with Gasteiger partial charge in [0.15, 0.2) is 0 Å². The molecule has 1 unspecified atom stereocenters. The minimum Gasteiger partial charge on any atom is -0.465 e. The van der Waals surface area contributed by atoms with Gasteiger partial charge in [0, 0.05) is 6.21 Å². The summed E-state index contributed by atoms with van der Waals surface area (Å²) in [4.78, 5) is 15.2. The number of rotatable bonds is 3. The highest BCUT2D eigenvalue weighted by Gasteiger charge is 2.16. The average molecular weight is 167 g/mol. The molecule has 0 fully saturated rings. The monoisotopic (exact) mass is 167 g/mol. The maximum atomic E-state index is 11.2. The Morgan fingerprint density at radius 2 is 2.58 bits per heavy atom. The Kier molecular flexibility index (Phi) is 3.51. The van der Waals surface area contributed by atoms with Crippen LogP contribution in [-0.2, 0) is 9.53 Å². The van der Waals surface area contributed by atoms with Crippen LogP contribution in [0, 0.1) is 5.92 Å². The summed E-state index contributed by atoms with van der Waals surface area (Å²) in [5.74, 6) is -0.327. The standard InChI is InChI=1S/C9H13NO2/c1-2-6-12-9(11)8-4-3-5-10-7-8/h3-5,8H,2,6-7H2,1H3. The van der Waals surface area contributed by atoms with Gasteiger partial charge in [0.1, 0.15) is 0 Å². The van der Waals surface area contributed by atoms with Crippen molar-refractivity contribution in [2.45, 2.75) is 13.3 Å². The van der Waals surface area contributed by atoms with Crippen molar-refractivity contribution >= 4 is 12.2 Å². The van der Waals surface area contributed by atoms with E-state index in [1.807, 2.05) is 13.0 Å². The van der Waals surface area contributed by atoms with Crippen molar-refractivity contribution in [2.24, 2.45) is 10.9 Å². The second-order valence-corrected chi connectivity index (χ2v) is 2.67. The molecule has 12 heavy (non-hydrogen) atoms. The zero-order valence-corrected chi connectivity index (χ0v) is 7.19. The fourth-order valence-electron chi connectivity index (χ4n) is 0.943. The Morgan fingerprint density at radius 1 is 1.75 bits per heavy atom. The molecule has 1 heterocycles. The van der Waals surface area contributed by atoms with Gasteiger partial charge < -0.3 is 4.74 Å². The zero-order chi connectivity index (χ0) is 8.81. The van der Waals surface area contributed by atoms with Crippen molar-refractivity contribution in [2.75, 3.05) is 13.2 Å². The largest absolute Gasteiger partial charge is 0.465 e. The van der Waals surface area contributed by atoms with E-state index in [0.29, 0.717) is 13.2 Å². The van der Waals surface area contributed by atoms with Crippen molar-refractivity contribution in [3.63, 3.8) is 0 Å². The first-order chi connectivity index (χ1) is 5.84. The van der Waals surface area contributed by atoms with Crippen LogP contribution in [0.25, 0.3) is 0 Å². The number of dihydropyridines is 1. The Balaban J connectivity index is 2.32. The lowest BCUT2D eigenvalue weighted by atomic mass is 10.1. The Hall–Kier alpha value is -1.12. The third kappa shape index (κ3) is 2.49. The quantitative estimate of drug-likeness (QED) is 0.592. The number of nitrogens with zero attached hydrogens (tertiary/aromatic N) is 1. The van der Waals surface area contributed by atoms with Gasteiger partial charge in [0.25, 0.3) is 0 Å². The summed E-state index contributed by atoms with van der Waals surface area (Å²) in [5.41, 5.74) is 0. The predicted octanol–water partition coefficient (Wildman–Crippen LogP) is 1.20. The van der Waals surface area contributed by atoms with E-state index in [2.05, 4.69) is 4.99 Å². The second-order valence-electron chi connectivity index (χ2n) is 2.67. The smallest absolute Gasteiger partial charge is 0.314 e. The Labute approximate surface area is 72.1 Å². The number of carbonyl (C=O) groups excluding carboxylic acids is 1. The molecule has 0 amide bonds. The normalized spacial score (nSPS) is 20.9. The molecule has 1 aliphatic rings. The number of hydrogen-bond donors (Lipinski definition) is 0. The third-order valence-corrected chi connectivity index (χ3v) is 1.59. The molecule has 1 rings (SSSR count). The molecule has 0 bridgehead atoms. The van der Waals surface area contributed by atoms with Crippen LogP contribution in [0.2, 0.25) is 0 Å². The summed E-state index contributed by atoms with van der Waals surface area (Å²) in [5, 5.41) is 0. The first-order valence-corrected chi connectivity index (χ1v) is 4.18. The molecular weight excluding hydrogens is 154 g/mol. The van der Waals surface area contributed by atoms with Gasteiger partial charge in [0.2, 0.25) is 0 Å². The lowest BCUT2D eigenvalue weighted by Crippen LogP contribution is -2.20. The van der Waals surface area contributed by atoms with E-state index in [4.69, 9.17) is 4.74 Å². The molecule has 0 radical (unpaired) electrons. The van der Waals surface area contributed by atoms with Crippen molar-refractivity contribution in [3.05, 3.63) is 12.2 Å². The molecule has 0 saturated carbocycles. The molecular formula is C9H13NO2. The summed E-state index contributed by atoms with van der Waals surface area (Å²) in [6.45, 7) is 3.01. The summed E-state index contributed by atoms with van der Waals surface area (Å²) in [7, 11) is 0. The number of carbonyl (C=O) groups is 1. The highest BCUT2D eigenvalue weighted by atomic mass is 16.5. The minimum atomic E-state index is -0.165. The molecule has 0 aromatic carbocycles. The molecule has 1 aliphatic heterocycles. The topological polar surface area (TPSA) is 38.7 Å². The van der Waals surface area contributed by atoms with Crippen LogP contribution in [0.4, 0.5) is 0 Å². The summed E-state index contributed by atoms with van der Waals surface area (Å²) in [6.07, 6.45) is 6.17. The molecule has 0 spiro atoms. The maximum Gasteiger partial charge on any atom is 0.314 e. The van der Waals surface area contributed by atoms with Crippen LogP contribution in [0.1, 0.15) is 13.3 Å². The van der Waals surface area contributed by atoms with Gasteiger partial charge in [-0.25, -0.2) is 0 Å². The first-order valence-electron chi connectivity index (χ1n) is 4.18. The molecule has 0 saturated heterocycles. The highest BCUT2D eigenvalue weighted by molar-refractivity contribution is 5.80.